The molecule has 1 heterocycles. The zero-order chi connectivity index (χ0) is 25.2. The Kier molecular flexibility index (Phi) is 10.3. The molecule has 0 aliphatic carbocycles. The molecule has 3 rings (SSSR count). The molecular formula is C29H41N3O3. The van der Waals surface area contributed by atoms with Crippen molar-refractivity contribution in [2.24, 2.45) is 0 Å². The van der Waals surface area contributed by atoms with Crippen LogP contribution in [0.25, 0.3) is 0 Å². The predicted octanol–water partition coefficient (Wildman–Crippen LogP) is 4.85. The predicted molar refractivity (Wildman–Crippen MR) is 141 cm³/mol. The zero-order valence-corrected chi connectivity index (χ0v) is 21.6. The van der Waals surface area contributed by atoms with Gasteiger partial charge in [0.2, 0.25) is 5.91 Å². The maximum absolute atomic E-state index is 13.6. The number of nitrogens with zero attached hydrogens (tertiary/aromatic N) is 3. The highest BCUT2D eigenvalue weighted by molar-refractivity contribution is 5.97. The minimum atomic E-state index is -0.109. The van der Waals surface area contributed by atoms with E-state index in [1.807, 2.05) is 53.4 Å². The van der Waals surface area contributed by atoms with Crippen LogP contribution in [0.15, 0.2) is 48.5 Å². The first-order chi connectivity index (χ1) is 16.9. The van der Waals surface area contributed by atoms with E-state index in [1.165, 1.54) is 12.8 Å². The standard InChI is InChI=1S/C29H41N3O3/c1-23(2)30-16-10-5-4-6-11-17-32(24(3)34)28-15-14-26(20-27(28)22-30)29(35)31(18-19-33)21-25-12-8-7-9-13-25/h7-9,12-15,20,23,33H,4-6,10-11,16-19,21-22H2,1-3H3. The third-order valence-electron chi connectivity index (χ3n) is 6.80. The molecule has 0 spiro atoms. The third kappa shape index (κ3) is 7.64. The molecular weight excluding hydrogens is 438 g/mol. The van der Waals surface area contributed by atoms with Crippen LogP contribution in [0, 0.1) is 0 Å². The Balaban J connectivity index is 1.97. The Hall–Kier alpha value is -2.70. The fraction of sp³-hybridized carbons (Fsp3) is 0.517. The normalized spacial score (nSPS) is 15.7. The van der Waals surface area contributed by atoms with Crippen LogP contribution in [0.2, 0.25) is 0 Å². The average molecular weight is 480 g/mol. The Morgan fingerprint density at radius 2 is 1.66 bits per heavy atom. The Bertz CT molecular complexity index is 961. The van der Waals surface area contributed by atoms with Crippen molar-refractivity contribution in [2.75, 3.05) is 31.1 Å². The van der Waals surface area contributed by atoms with Gasteiger partial charge in [-0.1, -0.05) is 49.6 Å². The van der Waals surface area contributed by atoms with E-state index < -0.39 is 0 Å². The molecule has 0 saturated heterocycles. The number of anilines is 1. The van der Waals surface area contributed by atoms with Crippen molar-refractivity contribution in [3.05, 3.63) is 65.2 Å². The number of amides is 2. The number of carbonyl (C=O) groups excluding carboxylic acids is 2. The maximum atomic E-state index is 13.6. The van der Waals surface area contributed by atoms with Crippen LogP contribution in [-0.2, 0) is 17.9 Å². The summed E-state index contributed by atoms with van der Waals surface area (Å²) in [4.78, 5) is 32.2. The van der Waals surface area contributed by atoms with E-state index in [2.05, 4.69) is 18.7 Å². The summed E-state index contributed by atoms with van der Waals surface area (Å²) in [5.41, 5.74) is 3.52. The Morgan fingerprint density at radius 3 is 2.31 bits per heavy atom. The first kappa shape index (κ1) is 26.9. The number of carbonyl (C=O) groups is 2. The van der Waals surface area contributed by atoms with Gasteiger partial charge in [-0.25, -0.2) is 0 Å². The van der Waals surface area contributed by atoms with E-state index in [1.54, 1.807) is 11.8 Å². The minimum Gasteiger partial charge on any atom is -0.395 e. The van der Waals surface area contributed by atoms with Crippen LogP contribution in [-0.4, -0.2) is 59.0 Å². The van der Waals surface area contributed by atoms with Gasteiger partial charge in [0.05, 0.1) is 6.61 Å². The van der Waals surface area contributed by atoms with E-state index in [4.69, 9.17) is 0 Å². The summed E-state index contributed by atoms with van der Waals surface area (Å²) >= 11 is 0. The number of hydrogen-bond acceptors (Lipinski definition) is 4. The van der Waals surface area contributed by atoms with E-state index in [0.717, 1.165) is 42.6 Å². The third-order valence-corrected chi connectivity index (χ3v) is 6.80. The van der Waals surface area contributed by atoms with Gasteiger partial charge >= 0.3 is 0 Å². The first-order valence-corrected chi connectivity index (χ1v) is 13.0. The van der Waals surface area contributed by atoms with E-state index in [9.17, 15) is 14.7 Å². The van der Waals surface area contributed by atoms with Gasteiger partial charge < -0.3 is 14.9 Å². The van der Waals surface area contributed by atoms with Gasteiger partial charge in [0.25, 0.3) is 5.91 Å². The number of rotatable bonds is 6. The fourth-order valence-corrected chi connectivity index (χ4v) is 4.77. The number of benzene rings is 2. The molecule has 0 aromatic heterocycles. The van der Waals surface area contributed by atoms with Gasteiger partial charge in [-0.2, -0.15) is 0 Å². The summed E-state index contributed by atoms with van der Waals surface area (Å²) in [7, 11) is 0. The van der Waals surface area contributed by atoms with Gasteiger partial charge in [-0.05, 0) is 62.6 Å². The molecule has 0 unspecified atom stereocenters. The lowest BCUT2D eigenvalue weighted by Crippen LogP contribution is -2.36. The highest BCUT2D eigenvalue weighted by Crippen LogP contribution is 2.27. The van der Waals surface area contributed by atoms with Crippen LogP contribution in [0.1, 0.15) is 74.4 Å². The molecule has 6 nitrogen and oxygen atoms in total. The van der Waals surface area contributed by atoms with E-state index >= 15 is 0 Å². The van der Waals surface area contributed by atoms with Crippen molar-refractivity contribution in [3.63, 3.8) is 0 Å². The van der Waals surface area contributed by atoms with Crippen LogP contribution in [0.4, 0.5) is 5.69 Å². The monoisotopic (exact) mass is 479 g/mol. The summed E-state index contributed by atoms with van der Waals surface area (Å²) in [6, 6.07) is 15.9. The van der Waals surface area contributed by atoms with Crippen molar-refractivity contribution in [1.82, 2.24) is 9.80 Å². The van der Waals surface area contributed by atoms with Gasteiger partial charge in [-0.3, -0.25) is 14.5 Å². The second-order valence-corrected chi connectivity index (χ2v) is 9.78. The highest BCUT2D eigenvalue weighted by atomic mass is 16.3. The summed E-state index contributed by atoms with van der Waals surface area (Å²) in [5, 5.41) is 9.63. The Morgan fingerprint density at radius 1 is 0.971 bits per heavy atom. The van der Waals surface area contributed by atoms with Gasteiger partial charge in [0, 0.05) is 50.4 Å². The molecule has 35 heavy (non-hydrogen) atoms. The molecule has 1 aliphatic rings. The molecule has 1 aliphatic heterocycles. The molecule has 2 aromatic rings. The van der Waals surface area contributed by atoms with Gasteiger partial charge in [0.15, 0.2) is 0 Å². The smallest absolute Gasteiger partial charge is 0.254 e. The van der Waals surface area contributed by atoms with E-state index in [-0.39, 0.29) is 25.0 Å². The van der Waals surface area contributed by atoms with Crippen molar-refractivity contribution in [3.8, 4) is 0 Å². The van der Waals surface area contributed by atoms with Crippen molar-refractivity contribution in [2.45, 2.75) is 72.0 Å². The van der Waals surface area contributed by atoms with Gasteiger partial charge in [-0.15, -0.1) is 0 Å². The summed E-state index contributed by atoms with van der Waals surface area (Å²) in [6.07, 6.45) is 5.65. The molecule has 0 radical (unpaired) electrons. The lowest BCUT2D eigenvalue weighted by molar-refractivity contribution is -0.116. The van der Waals surface area contributed by atoms with Gasteiger partial charge in [0.1, 0.15) is 0 Å². The topological polar surface area (TPSA) is 64.1 Å². The molecule has 6 heteroatoms. The number of fused-ring (bicyclic) bond motifs is 1. The fourth-order valence-electron chi connectivity index (χ4n) is 4.77. The van der Waals surface area contributed by atoms with E-state index in [0.29, 0.717) is 31.2 Å². The average Bonchev–Trinajstić information content (AvgIpc) is 2.83. The molecule has 0 atom stereocenters. The SMILES string of the molecule is CC(=O)N1CCCCCCCN(C(C)C)Cc2cc(C(=O)N(CCO)Cc3ccccc3)ccc21. The number of hydrogen-bond donors (Lipinski definition) is 1. The molecule has 2 aromatic carbocycles. The number of aliphatic hydroxyl groups is 1. The maximum Gasteiger partial charge on any atom is 0.254 e. The quantitative estimate of drug-likeness (QED) is 0.643. The van der Waals surface area contributed by atoms with Crippen molar-refractivity contribution in [1.29, 1.82) is 0 Å². The summed E-state index contributed by atoms with van der Waals surface area (Å²) in [5.74, 6) is -0.0771. The van der Waals surface area contributed by atoms with Crippen LogP contribution in [0.5, 0.6) is 0 Å². The highest BCUT2D eigenvalue weighted by Gasteiger charge is 2.22. The second kappa shape index (κ2) is 13.4. The van der Waals surface area contributed by atoms with Crippen LogP contribution in [0.3, 0.4) is 0 Å². The first-order valence-electron chi connectivity index (χ1n) is 13.0. The second-order valence-electron chi connectivity index (χ2n) is 9.78. The molecule has 0 saturated carbocycles. The van der Waals surface area contributed by atoms with Crippen molar-refractivity contribution < 1.29 is 14.7 Å². The molecule has 190 valence electrons. The molecule has 0 fully saturated rings. The summed E-state index contributed by atoms with van der Waals surface area (Å²) in [6.45, 7) is 9.02. The molecule has 1 N–H and O–H groups in total. The number of aliphatic hydroxyl groups excluding tert-OH is 1. The lowest BCUT2D eigenvalue weighted by Gasteiger charge is -2.31. The molecule has 2 amide bonds. The largest absolute Gasteiger partial charge is 0.395 e. The zero-order valence-electron chi connectivity index (χ0n) is 21.6. The summed E-state index contributed by atoms with van der Waals surface area (Å²) < 4.78 is 0. The van der Waals surface area contributed by atoms with Crippen LogP contribution >= 0.6 is 0 Å². The Labute approximate surface area is 210 Å². The molecule has 0 bridgehead atoms. The van der Waals surface area contributed by atoms with Crippen LogP contribution < -0.4 is 4.90 Å². The lowest BCUT2D eigenvalue weighted by atomic mass is 10.0. The van der Waals surface area contributed by atoms with Crippen molar-refractivity contribution >= 4 is 17.5 Å². The minimum absolute atomic E-state index is 0.0319.